The summed E-state index contributed by atoms with van der Waals surface area (Å²) in [6.07, 6.45) is 0. The highest BCUT2D eigenvalue weighted by atomic mass is 28.4. The topological polar surface area (TPSA) is 36.9 Å². The lowest BCUT2D eigenvalue weighted by Crippen LogP contribution is -2.48. The largest absolute Gasteiger partial charge is 0.505 e. The van der Waals surface area contributed by atoms with Gasteiger partial charge < -0.3 is 18.0 Å². The van der Waals surface area contributed by atoms with Gasteiger partial charge in [-0.05, 0) is 53.2 Å². The molecule has 0 radical (unpaired) electrons. The van der Waals surface area contributed by atoms with E-state index in [0.29, 0.717) is 25.9 Å². The van der Waals surface area contributed by atoms with Gasteiger partial charge in [0.25, 0.3) is 0 Å². The summed E-state index contributed by atoms with van der Waals surface area (Å²) in [5.41, 5.74) is 0.822. The second-order valence-electron chi connectivity index (χ2n) is 5.98. The zero-order valence-corrected chi connectivity index (χ0v) is 15.8. The number of hydrogen-bond acceptors (Lipinski definition) is 4. The molecule has 0 aliphatic carbocycles. The van der Waals surface area contributed by atoms with Gasteiger partial charge >= 0.3 is 8.80 Å². The van der Waals surface area contributed by atoms with E-state index in [1.165, 1.54) is 0 Å². The van der Waals surface area contributed by atoms with Crippen molar-refractivity contribution in [3.63, 3.8) is 0 Å². The van der Waals surface area contributed by atoms with E-state index >= 15 is 0 Å². The third-order valence-corrected chi connectivity index (χ3v) is 5.89. The van der Waals surface area contributed by atoms with Crippen LogP contribution in [0.5, 0.6) is 5.75 Å². The van der Waals surface area contributed by atoms with Crippen molar-refractivity contribution in [1.82, 2.24) is 0 Å². The van der Waals surface area contributed by atoms with Crippen molar-refractivity contribution in [2.45, 2.75) is 53.2 Å². The summed E-state index contributed by atoms with van der Waals surface area (Å²) in [5, 5.41) is 0. The Morgan fingerprint density at radius 3 is 1.82 bits per heavy atom. The van der Waals surface area contributed by atoms with Gasteiger partial charge in [0.1, 0.15) is 11.4 Å². The van der Waals surface area contributed by atoms with Gasteiger partial charge in [0.2, 0.25) is 0 Å². The van der Waals surface area contributed by atoms with E-state index in [2.05, 4.69) is 6.07 Å². The van der Waals surface area contributed by atoms with Crippen LogP contribution in [0.1, 0.15) is 47.1 Å². The van der Waals surface area contributed by atoms with Gasteiger partial charge in [0, 0.05) is 25.9 Å². The van der Waals surface area contributed by atoms with Crippen LogP contribution in [0, 0.1) is 0 Å². The standard InChI is InChI=1S/C17H30O4Si/c1-7-18-22(19-8-2,20-9-3)14-15-12-10-11-13-16(15)21-17(4,5)6/h10-13H,7-9,14H2,1-6H3. The summed E-state index contributed by atoms with van der Waals surface area (Å²) in [4.78, 5) is 0. The molecule has 0 N–H and O–H groups in total. The lowest BCUT2D eigenvalue weighted by molar-refractivity contribution is 0.0694. The molecular weight excluding hydrogens is 296 g/mol. The average Bonchev–Trinajstić information content (AvgIpc) is 2.40. The van der Waals surface area contributed by atoms with Crippen LogP contribution >= 0.6 is 0 Å². The Balaban J connectivity index is 3.06. The summed E-state index contributed by atoms with van der Waals surface area (Å²) in [6, 6.07) is 8.65. The van der Waals surface area contributed by atoms with Crippen LogP contribution in [0.3, 0.4) is 0 Å². The molecule has 0 bridgehead atoms. The zero-order chi connectivity index (χ0) is 16.6. The molecule has 0 saturated carbocycles. The van der Waals surface area contributed by atoms with Crippen molar-refractivity contribution < 1.29 is 18.0 Å². The van der Waals surface area contributed by atoms with Crippen molar-refractivity contribution in [3.05, 3.63) is 29.8 Å². The molecule has 0 aromatic heterocycles. The van der Waals surface area contributed by atoms with Gasteiger partial charge in [-0.3, -0.25) is 0 Å². The first-order valence-corrected chi connectivity index (χ1v) is 9.97. The third kappa shape index (κ3) is 6.08. The Hall–Kier alpha value is -0.883. The summed E-state index contributed by atoms with van der Waals surface area (Å²) in [7, 11) is -2.72. The highest BCUT2D eigenvalue weighted by molar-refractivity contribution is 6.60. The average molecular weight is 327 g/mol. The Morgan fingerprint density at radius 1 is 0.864 bits per heavy atom. The summed E-state index contributed by atoms with van der Waals surface area (Å²) in [5.74, 6) is 0.867. The predicted octanol–water partition coefficient (Wildman–Crippen LogP) is 3.99. The SMILES string of the molecule is CCO[Si](Cc1ccccc1OC(C)(C)C)(OCC)OCC. The minimum absolute atomic E-state index is 0.247. The molecule has 0 amide bonds. The van der Waals surface area contributed by atoms with Gasteiger partial charge in [-0.15, -0.1) is 0 Å². The molecule has 0 fully saturated rings. The van der Waals surface area contributed by atoms with Crippen molar-refractivity contribution >= 4 is 8.80 Å². The zero-order valence-electron chi connectivity index (χ0n) is 14.8. The molecule has 0 atom stereocenters. The molecule has 1 aromatic carbocycles. The van der Waals surface area contributed by atoms with Gasteiger partial charge in [-0.25, -0.2) is 0 Å². The van der Waals surface area contributed by atoms with Gasteiger partial charge in [0.05, 0.1) is 0 Å². The second kappa shape index (κ2) is 8.67. The fourth-order valence-corrected chi connectivity index (χ4v) is 4.88. The second-order valence-corrected chi connectivity index (χ2v) is 8.57. The minimum Gasteiger partial charge on any atom is -0.488 e. The normalized spacial score (nSPS) is 12.5. The maximum absolute atomic E-state index is 6.07. The van der Waals surface area contributed by atoms with Crippen LogP contribution < -0.4 is 4.74 Å². The molecule has 126 valence electrons. The molecule has 0 heterocycles. The van der Waals surface area contributed by atoms with Crippen molar-refractivity contribution in [2.24, 2.45) is 0 Å². The minimum atomic E-state index is -2.72. The van der Waals surface area contributed by atoms with E-state index in [0.717, 1.165) is 11.3 Å². The number of para-hydroxylation sites is 1. The van der Waals surface area contributed by atoms with Crippen LogP contribution in [0.15, 0.2) is 24.3 Å². The molecular formula is C17H30O4Si. The van der Waals surface area contributed by atoms with Crippen LogP contribution in [0.4, 0.5) is 0 Å². The molecule has 1 aromatic rings. The smallest absolute Gasteiger partial charge is 0.488 e. The van der Waals surface area contributed by atoms with Crippen LogP contribution in [-0.2, 0) is 19.3 Å². The first kappa shape index (κ1) is 19.2. The molecule has 5 heteroatoms. The first-order valence-electron chi connectivity index (χ1n) is 8.04. The quantitative estimate of drug-likeness (QED) is 0.643. The number of rotatable bonds is 9. The van der Waals surface area contributed by atoms with E-state index in [9.17, 15) is 0 Å². The van der Waals surface area contributed by atoms with E-state index in [-0.39, 0.29) is 5.60 Å². The molecule has 0 spiro atoms. The Labute approximate surface area is 136 Å². The Kier molecular flexibility index (Phi) is 7.55. The van der Waals surface area contributed by atoms with Crippen LogP contribution in [-0.4, -0.2) is 34.2 Å². The molecule has 0 aliphatic heterocycles. The third-order valence-electron chi connectivity index (χ3n) is 2.89. The van der Waals surface area contributed by atoms with Gasteiger partial charge in [0.15, 0.2) is 0 Å². The number of hydrogen-bond donors (Lipinski definition) is 0. The van der Waals surface area contributed by atoms with Crippen LogP contribution in [0.2, 0.25) is 0 Å². The lowest BCUT2D eigenvalue weighted by atomic mass is 10.1. The maximum atomic E-state index is 6.07. The number of benzene rings is 1. The van der Waals surface area contributed by atoms with Crippen molar-refractivity contribution in [2.75, 3.05) is 19.8 Å². The summed E-state index contributed by atoms with van der Waals surface area (Å²) in [6.45, 7) is 13.8. The molecule has 4 nitrogen and oxygen atoms in total. The predicted molar refractivity (Wildman–Crippen MR) is 91.2 cm³/mol. The van der Waals surface area contributed by atoms with Crippen molar-refractivity contribution in [1.29, 1.82) is 0 Å². The molecule has 1 rings (SSSR count). The van der Waals surface area contributed by atoms with E-state index in [1.807, 2.05) is 59.7 Å². The molecule has 0 aliphatic rings. The fourth-order valence-electron chi connectivity index (χ4n) is 2.25. The molecule has 0 saturated heterocycles. The summed E-state index contributed by atoms with van der Waals surface area (Å²) < 4.78 is 23.9. The lowest BCUT2D eigenvalue weighted by Gasteiger charge is -2.30. The van der Waals surface area contributed by atoms with E-state index in [4.69, 9.17) is 18.0 Å². The van der Waals surface area contributed by atoms with Crippen LogP contribution in [0.25, 0.3) is 0 Å². The Morgan fingerprint density at radius 2 is 1.36 bits per heavy atom. The highest BCUT2D eigenvalue weighted by Crippen LogP contribution is 2.27. The van der Waals surface area contributed by atoms with Gasteiger partial charge in [-0.2, -0.15) is 0 Å². The molecule has 22 heavy (non-hydrogen) atoms. The molecule has 0 unspecified atom stereocenters. The number of ether oxygens (including phenoxy) is 1. The summed E-state index contributed by atoms with van der Waals surface area (Å²) >= 11 is 0. The highest BCUT2D eigenvalue weighted by Gasteiger charge is 2.41. The van der Waals surface area contributed by atoms with Gasteiger partial charge in [-0.1, -0.05) is 18.2 Å². The van der Waals surface area contributed by atoms with E-state index in [1.54, 1.807) is 0 Å². The fraction of sp³-hybridized carbons (Fsp3) is 0.647. The van der Waals surface area contributed by atoms with Crippen molar-refractivity contribution in [3.8, 4) is 5.75 Å². The maximum Gasteiger partial charge on any atom is 0.505 e. The first-order chi connectivity index (χ1) is 10.4. The van der Waals surface area contributed by atoms with E-state index < -0.39 is 8.80 Å². The monoisotopic (exact) mass is 326 g/mol. The Bertz CT molecular complexity index is 426.